The van der Waals surface area contributed by atoms with Crippen LogP contribution < -0.4 is 0 Å². The van der Waals surface area contributed by atoms with E-state index in [1.54, 1.807) is 25.1 Å². The van der Waals surface area contributed by atoms with Crippen molar-refractivity contribution >= 4 is 5.97 Å². The Morgan fingerprint density at radius 2 is 2.26 bits per heavy atom. The molecular formula is C13H12N4O2. The van der Waals surface area contributed by atoms with Gasteiger partial charge in [0.15, 0.2) is 5.69 Å². The van der Waals surface area contributed by atoms with Gasteiger partial charge in [0.25, 0.3) is 0 Å². The zero-order valence-corrected chi connectivity index (χ0v) is 10.6. The number of carbonyl (C=O) groups is 1. The fourth-order valence-electron chi connectivity index (χ4n) is 1.71. The number of ether oxygens (including phenoxy) is 1. The maximum atomic E-state index is 11.7. The Bertz CT molecular complexity index is 655. The number of aromatic nitrogens is 3. The monoisotopic (exact) mass is 256 g/mol. The minimum Gasteiger partial charge on any atom is -0.461 e. The molecule has 0 atom stereocenters. The summed E-state index contributed by atoms with van der Waals surface area (Å²) in [6.07, 6.45) is 0. The summed E-state index contributed by atoms with van der Waals surface area (Å²) in [6.45, 7) is 3.83. The van der Waals surface area contributed by atoms with Crippen molar-refractivity contribution in [3.8, 4) is 17.3 Å². The van der Waals surface area contributed by atoms with Gasteiger partial charge < -0.3 is 4.74 Å². The fourth-order valence-corrected chi connectivity index (χ4v) is 1.71. The van der Waals surface area contributed by atoms with Gasteiger partial charge in [0.1, 0.15) is 5.69 Å². The number of hydrogen-bond acceptors (Lipinski definition) is 5. The number of carbonyl (C=O) groups excluding carboxylic acids is 1. The highest BCUT2D eigenvalue weighted by molar-refractivity contribution is 5.93. The number of aryl methyl sites for hydroxylation is 1. The molecule has 2 aromatic rings. The van der Waals surface area contributed by atoms with Crippen molar-refractivity contribution in [1.82, 2.24) is 15.4 Å². The first-order valence-corrected chi connectivity index (χ1v) is 5.76. The minimum atomic E-state index is -0.520. The molecule has 0 amide bonds. The summed E-state index contributed by atoms with van der Waals surface area (Å²) in [5.74, 6) is -0.520. The molecule has 0 fully saturated rings. The molecule has 1 heterocycles. The molecule has 6 nitrogen and oxygen atoms in total. The molecule has 0 unspecified atom stereocenters. The van der Waals surface area contributed by atoms with Gasteiger partial charge in [-0.05, 0) is 31.5 Å². The predicted octanol–water partition coefficient (Wildman–Crippen LogP) is 1.83. The molecule has 0 spiro atoms. The van der Waals surface area contributed by atoms with Crippen molar-refractivity contribution < 1.29 is 9.53 Å². The van der Waals surface area contributed by atoms with Crippen molar-refractivity contribution in [2.75, 3.05) is 6.61 Å². The van der Waals surface area contributed by atoms with Crippen molar-refractivity contribution in [1.29, 1.82) is 5.26 Å². The van der Waals surface area contributed by atoms with Gasteiger partial charge in [-0.1, -0.05) is 6.07 Å². The molecule has 0 saturated heterocycles. The summed E-state index contributed by atoms with van der Waals surface area (Å²) in [7, 11) is 0. The summed E-state index contributed by atoms with van der Waals surface area (Å²) in [5, 5.41) is 19.1. The van der Waals surface area contributed by atoms with E-state index in [0.29, 0.717) is 16.8 Å². The third-order valence-electron chi connectivity index (χ3n) is 2.64. The summed E-state index contributed by atoms with van der Waals surface area (Å²) >= 11 is 0. The SMILES string of the molecule is CCOC(=O)c1n[nH]nc1-c1ccc(C#N)c(C)c1. The number of benzene rings is 1. The number of H-pyrrole nitrogens is 1. The van der Waals surface area contributed by atoms with Gasteiger partial charge in [-0.3, -0.25) is 0 Å². The minimum absolute atomic E-state index is 0.144. The summed E-state index contributed by atoms with van der Waals surface area (Å²) in [5.41, 5.74) is 2.69. The van der Waals surface area contributed by atoms with Gasteiger partial charge in [-0.25, -0.2) is 4.79 Å². The van der Waals surface area contributed by atoms with E-state index >= 15 is 0 Å². The number of aromatic amines is 1. The number of nitrogens with one attached hydrogen (secondary N) is 1. The number of esters is 1. The van der Waals surface area contributed by atoms with E-state index in [-0.39, 0.29) is 12.3 Å². The van der Waals surface area contributed by atoms with Crippen LogP contribution in [-0.4, -0.2) is 28.0 Å². The van der Waals surface area contributed by atoms with Crippen LogP contribution in [0.25, 0.3) is 11.3 Å². The third-order valence-corrected chi connectivity index (χ3v) is 2.64. The largest absolute Gasteiger partial charge is 0.461 e. The lowest BCUT2D eigenvalue weighted by atomic mass is 10.0. The molecule has 1 aromatic heterocycles. The molecule has 19 heavy (non-hydrogen) atoms. The summed E-state index contributed by atoms with van der Waals surface area (Å²) in [6, 6.07) is 7.30. The average Bonchev–Trinajstić information content (AvgIpc) is 2.88. The van der Waals surface area contributed by atoms with E-state index in [4.69, 9.17) is 10.00 Å². The van der Waals surface area contributed by atoms with Crippen LogP contribution in [0.15, 0.2) is 18.2 Å². The second-order valence-corrected chi connectivity index (χ2v) is 3.88. The smallest absolute Gasteiger partial charge is 0.361 e. The van der Waals surface area contributed by atoms with Crippen LogP contribution in [0, 0.1) is 18.3 Å². The van der Waals surface area contributed by atoms with Crippen LogP contribution in [-0.2, 0) is 4.74 Å². The number of nitrogens with zero attached hydrogens (tertiary/aromatic N) is 3. The van der Waals surface area contributed by atoms with Gasteiger partial charge >= 0.3 is 5.97 Å². The Balaban J connectivity index is 2.43. The first-order valence-electron chi connectivity index (χ1n) is 5.76. The Hall–Kier alpha value is -2.68. The molecule has 96 valence electrons. The highest BCUT2D eigenvalue weighted by Crippen LogP contribution is 2.22. The van der Waals surface area contributed by atoms with E-state index in [1.807, 2.05) is 6.92 Å². The van der Waals surface area contributed by atoms with Gasteiger partial charge in [0, 0.05) is 5.56 Å². The maximum absolute atomic E-state index is 11.7. The Kier molecular flexibility index (Phi) is 3.57. The van der Waals surface area contributed by atoms with Crippen LogP contribution in [0.2, 0.25) is 0 Å². The lowest BCUT2D eigenvalue weighted by molar-refractivity contribution is 0.0520. The molecule has 0 aliphatic carbocycles. The van der Waals surface area contributed by atoms with Crippen LogP contribution in [0.1, 0.15) is 28.5 Å². The van der Waals surface area contributed by atoms with Crippen molar-refractivity contribution in [3.05, 3.63) is 35.0 Å². The molecule has 0 saturated carbocycles. The molecule has 0 aliphatic heterocycles. The lowest BCUT2D eigenvalue weighted by Gasteiger charge is -2.03. The van der Waals surface area contributed by atoms with Crippen molar-refractivity contribution in [2.24, 2.45) is 0 Å². The number of nitriles is 1. The second kappa shape index (κ2) is 5.31. The summed E-state index contributed by atoms with van der Waals surface area (Å²) < 4.78 is 4.91. The van der Waals surface area contributed by atoms with Crippen LogP contribution in [0.5, 0.6) is 0 Å². The van der Waals surface area contributed by atoms with E-state index in [0.717, 1.165) is 5.56 Å². The Labute approximate surface area is 110 Å². The van der Waals surface area contributed by atoms with Crippen LogP contribution in [0.4, 0.5) is 0 Å². The van der Waals surface area contributed by atoms with E-state index < -0.39 is 5.97 Å². The van der Waals surface area contributed by atoms with E-state index in [2.05, 4.69) is 21.5 Å². The molecule has 6 heteroatoms. The quantitative estimate of drug-likeness (QED) is 0.846. The number of rotatable bonds is 3. The standard InChI is InChI=1S/C13H12N4O2/c1-3-19-13(18)12-11(15-17-16-12)9-4-5-10(7-14)8(2)6-9/h4-6H,3H2,1-2H3,(H,15,16,17). The zero-order chi connectivity index (χ0) is 13.8. The second-order valence-electron chi connectivity index (χ2n) is 3.88. The Morgan fingerprint density at radius 3 is 2.89 bits per heavy atom. The molecule has 0 bridgehead atoms. The maximum Gasteiger partial charge on any atom is 0.361 e. The lowest BCUT2D eigenvalue weighted by Crippen LogP contribution is -2.06. The fraction of sp³-hybridized carbons (Fsp3) is 0.231. The van der Waals surface area contributed by atoms with E-state index in [9.17, 15) is 4.79 Å². The molecule has 0 radical (unpaired) electrons. The first kappa shape index (κ1) is 12.8. The molecule has 2 rings (SSSR count). The van der Waals surface area contributed by atoms with Crippen LogP contribution in [0.3, 0.4) is 0 Å². The molecular weight excluding hydrogens is 244 g/mol. The highest BCUT2D eigenvalue weighted by atomic mass is 16.5. The summed E-state index contributed by atoms with van der Waals surface area (Å²) in [4.78, 5) is 11.7. The molecule has 1 aromatic carbocycles. The average molecular weight is 256 g/mol. The Morgan fingerprint density at radius 1 is 1.47 bits per heavy atom. The van der Waals surface area contributed by atoms with Crippen LogP contribution >= 0.6 is 0 Å². The number of hydrogen-bond donors (Lipinski definition) is 1. The molecule has 1 N–H and O–H groups in total. The highest BCUT2D eigenvalue weighted by Gasteiger charge is 2.19. The molecule has 0 aliphatic rings. The van der Waals surface area contributed by atoms with Crippen molar-refractivity contribution in [3.63, 3.8) is 0 Å². The first-order chi connectivity index (χ1) is 9.17. The van der Waals surface area contributed by atoms with Gasteiger partial charge in [0.2, 0.25) is 0 Å². The topological polar surface area (TPSA) is 91.7 Å². The van der Waals surface area contributed by atoms with Crippen molar-refractivity contribution in [2.45, 2.75) is 13.8 Å². The third kappa shape index (κ3) is 2.45. The van der Waals surface area contributed by atoms with Gasteiger partial charge in [0.05, 0.1) is 18.2 Å². The zero-order valence-electron chi connectivity index (χ0n) is 10.6. The normalized spacial score (nSPS) is 9.95. The predicted molar refractivity (Wildman–Crippen MR) is 67.2 cm³/mol. The van der Waals surface area contributed by atoms with E-state index in [1.165, 1.54) is 0 Å². The van der Waals surface area contributed by atoms with Gasteiger partial charge in [-0.2, -0.15) is 15.6 Å². The van der Waals surface area contributed by atoms with Gasteiger partial charge in [-0.15, -0.1) is 5.10 Å².